The minimum atomic E-state index is -0.0673. The van der Waals surface area contributed by atoms with Gasteiger partial charge in [0.1, 0.15) is 0 Å². The second-order valence-electron chi connectivity index (χ2n) is 8.81. The van der Waals surface area contributed by atoms with Gasteiger partial charge in [-0.2, -0.15) is 0 Å². The van der Waals surface area contributed by atoms with Crippen LogP contribution in [0.1, 0.15) is 119 Å². The van der Waals surface area contributed by atoms with E-state index in [9.17, 15) is 4.79 Å². The molecular weight excluding hydrogens is 356 g/mol. The largest absolute Gasteiger partial charge is 0.469 e. The molecule has 0 bridgehead atoms. The maximum Gasteiger partial charge on any atom is 0.305 e. The Hall–Kier alpha value is -1.31. The Balaban J connectivity index is 1.77. The van der Waals surface area contributed by atoms with Crippen molar-refractivity contribution >= 4 is 5.97 Å². The quantitative estimate of drug-likeness (QED) is 0.182. The fraction of sp³-hybridized carbons (Fsp3) is 0.741. The highest BCUT2D eigenvalue weighted by atomic mass is 16.5. The molecule has 2 heteroatoms. The number of aryl methyl sites for hydroxylation is 3. The predicted molar refractivity (Wildman–Crippen MR) is 126 cm³/mol. The van der Waals surface area contributed by atoms with Gasteiger partial charge in [0.05, 0.1) is 7.11 Å². The molecule has 29 heavy (non-hydrogen) atoms. The first-order valence-electron chi connectivity index (χ1n) is 12.3. The fourth-order valence-electron chi connectivity index (χ4n) is 4.11. The van der Waals surface area contributed by atoms with Crippen molar-refractivity contribution in [3.63, 3.8) is 0 Å². The molecule has 1 aromatic rings. The second-order valence-corrected chi connectivity index (χ2v) is 8.81. The first-order valence-corrected chi connectivity index (χ1v) is 12.3. The molecule has 0 fully saturated rings. The molecule has 0 saturated heterocycles. The third kappa shape index (κ3) is 14.3. The summed E-state index contributed by atoms with van der Waals surface area (Å²) in [6.45, 7) is 4.42. The van der Waals surface area contributed by atoms with Crippen LogP contribution >= 0.6 is 0 Å². The zero-order valence-electron chi connectivity index (χ0n) is 19.6. The SMILES string of the molecule is COC(=O)CCCCCCCCCCCCCCCCCc1ccc(C)cc1C. The van der Waals surface area contributed by atoms with E-state index in [1.807, 2.05) is 0 Å². The van der Waals surface area contributed by atoms with Gasteiger partial charge in [-0.3, -0.25) is 4.79 Å². The third-order valence-electron chi connectivity index (χ3n) is 6.05. The number of methoxy groups -OCH3 is 1. The highest BCUT2D eigenvalue weighted by Gasteiger charge is 2.00. The summed E-state index contributed by atoms with van der Waals surface area (Å²) in [6.07, 6.45) is 21.9. The number of ether oxygens (including phenoxy) is 1. The lowest BCUT2D eigenvalue weighted by Crippen LogP contribution is -1.99. The smallest absolute Gasteiger partial charge is 0.305 e. The Bertz CT molecular complexity index is 535. The number of hydrogen-bond acceptors (Lipinski definition) is 2. The second kappa shape index (κ2) is 17.5. The molecule has 0 atom stereocenters. The van der Waals surface area contributed by atoms with Gasteiger partial charge >= 0.3 is 5.97 Å². The molecule has 0 aliphatic rings. The zero-order valence-corrected chi connectivity index (χ0v) is 19.6. The summed E-state index contributed by atoms with van der Waals surface area (Å²) >= 11 is 0. The molecule has 0 aliphatic heterocycles. The van der Waals surface area contributed by atoms with Gasteiger partial charge in [0.15, 0.2) is 0 Å². The molecule has 0 amide bonds. The van der Waals surface area contributed by atoms with Gasteiger partial charge in [-0.25, -0.2) is 0 Å². The highest BCUT2D eigenvalue weighted by molar-refractivity contribution is 5.68. The van der Waals surface area contributed by atoms with Gasteiger partial charge in [-0.15, -0.1) is 0 Å². The molecule has 0 heterocycles. The van der Waals surface area contributed by atoms with E-state index in [-0.39, 0.29) is 5.97 Å². The van der Waals surface area contributed by atoms with E-state index in [1.54, 1.807) is 0 Å². The van der Waals surface area contributed by atoms with Crippen LogP contribution in [-0.4, -0.2) is 13.1 Å². The van der Waals surface area contributed by atoms with E-state index in [2.05, 4.69) is 36.8 Å². The summed E-state index contributed by atoms with van der Waals surface area (Å²) < 4.78 is 4.66. The van der Waals surface area contributed by atoms with Gasteiger partial charge in [-0.05, 0) is 44.2 Å². The number of esters is 1. The standard InChI is InChI=1S/C27H46O2/c1-24-21-22-26(25(2)23-24)19-17-15-13-11-9-7-5-4-6-8-10-12-14-16-18-20-27(28)29-3/h21-23H,4-20H2,1-3H3. The Labute approximate surface area is 180 Å². The Morgan fingerprint density at radius 2 is 1.14 bits per heavy atom. The average molecular weight is 403 g/mol. The van der Waals surface area contributed by atoms with Gasteiger partial charge in [-0.1, -0.05) is 107 Å². The average Bonchev–Trinajstić information content (AvgIpc) is 2.71. The zero-order chi connectivity index (χ0) is 21.2. The molecule has 0 aliphatic carbocycles. The molecule has 1 aromatic carbocycles. The molecule has 0 aromatic heterocycles. The van der Waals surface area contributed by atoms with Gasteiger partial charge in [0.2, 0.25) is 0 Å². The van der Waals surface area contributed by atoms with Crippen LogP contribution in [0.4, 0.5) is 0 Å². The van der Waals surface area contributed by atoms with Crippen LogP contribution in [0.3, 0.4) is 0 Å². The molecule has 0 unspecified atom stereocenters. The molecule has 0 N–H and O–H groups in total. The Kier molecular flexibility index (Phi) is 15.6. The third-order valence-corrected chi connectivity index (χ3v) is 6.05. The van der Waals surface area contributed by atoms with E-state index in [1.165, 1.54) is 120 Å². The number of carbonyl (C=O) groups excluding carboxylic acids is 1. The van der Waals surface area contributed by atoms with Crippen molar-refractivity contribution in [3.8, 4) is 0 Å². The number of hydrogen-bond donors (Lipinski definition) is 0. The van der Waals surface area contributed by atoms with Gasteiger partial charge in [0.25, 0.3) is 0 Å². The van der Waals surface area contributed by atoms with Crippen LogP contribution in [-0.2, 0) is 16.0 Å². The summed E-state index contributed by atoms with van der Waals surface area (Å²) in [5.41, 5.74) is 4.37. The number of unbranched alkanes of at least 4 members (excludes halogenated alkanes) is 14. The molecule has 0 radical (unpaired) electrons. The summed E-state index contributed by atoms with van der Waals surface area (Å²) in [6, 6.07) is 6.87. The van der Waals surface area contributed by atoms with E-state index >= 15 is 0 Å². The summed E-state index contributed by atoms with van der Waals surface area (Å²) in [5, 5.41) is 0. The van der Waals surface area contributed by atoms with Crippen molar-refractivity contribution in [3.05, 3.63) is 34.9 Å². The highest BCUT2D eigenvalue weighted by Crippen LogP contribution is 2.16. The number of benzene rings is 1. The van der Waals surface area contributed by atoms with Crippen LogP contribution in [0.5, 0.6) is 0 Å². The van der Waals surface area contributed by atoms with Crippen molar-refractivity contribution < 1.29 is 9.53 Å². The lowest BCUT2D eigenvalue weighted by molar-refractivity contribution is -0.140. The molecular formula is C27H46O2. The molecule has 166 valence electrons. The lowest BCUT2D eigenvalue weighted by atomic mass is 9.99. The summed E-state index contributed by atoms with van der Waals surface area (Å²) in [5.74, 6) is -0.0673. The number of carbonyl (C=O) groups is 1. The van der Waals surface area contributed by atoms with Crippen molar-refractivity contribution in [1.29, 1.82) is 0 Å². The minimum Gasteiger partial charge on any atom is -0.469 e. The number of rotatable bonds is 18. The van der Waals surface area contributed by atoms with Gasteiger partial charge < -0.3 is 4.74 Å². The van der Waals surface area contributed by atoms with E-state index in [4.69, 9.17) is 0 Å². The summed E-state index contributed by atoms with van der Waals surface area (Å²) in [7, 11) is 1.47. The Morgan fingerprint density at radius 3 is 1.59 bits per heavy atom. The molecule has 0 saturated carbocycles. The first kappa shape index (κ1) is 25.7. The fourth-order valence-corrected chi connectivity index (χ4v) is 4.11. The van der Waals surface area contributed by atoms with Crippen LogP contribution in [0, 0.1) is 13.8 Å². The van der Waals surface area contributed by atoms with Crippen molar-refractivity contribution in [1.82, 2.24) is 0 Å². The van der Waals surface area contributed by atoms with Crippen LogP contribution in [0.15, 0.2) is 18.2 Å². The molecule has 0 spiro atoms. The van der Waals surface area contributed by atoms with E-state index in [0.717, 1.165) is 6.42 Å². The van der Waals surface area contributed by atoms with Crippen LogP contribution < -0.4 is 0 Å². The first-order chi connectivity index (χ1) is 14.1. The Morgan fingerprint density at radius 1 is 0.690 bits per heavy atom. The van der Waals surface area contributed by atoms with Crippen molar-refractivity contribution in [2.75, 3.05) is 7.11 Å². The maximum atomic E-state index is 11.0. The monoisotopic (exact) mass is 402 g/mol. The maximum absolute atomic E-state index is 11.0. The van der Waals surface area contributed by atoms with Crippen molar-refractivity contribution in [2.24, 2.45) is 0 Å². The predicted octanol–water partition coefficient (Wildman–Crippen LogP) is 8.26. The van der Waals surface area contributed by atoms with Gasteiger partial charge in [0, 0.05) is 6.42 Å². The summed E-state index contributed by atoms with van der Waals surface area (Å²) in [4.78, 5) is 11.0. The minimum absolute atomic E-state index is 0.0673. The normalized spacial score (nSPS) is 11.0. The van der Waals surface area contributed by atoms with Crippen molar-refractivity contribution in [2.45, 2.75) is 123 Å². The van der Waals surface area contributed by atoms with Crippen LogP contribution in [0.25, 0.3) is 0 Å². The molecule has 2 nitrogen and oxygen atoms in total. The van der Waals surface area contributed by atoms with E-state index in [0.29, 0.717) is 6.42 Å². The van der Waals surface area contributed by atoms with E-state index < -0.39 is 0 Å². The lowest BCUT2D eigenvalue weighted by Gasteiger charge is -2.07. The topological polar surface area (TPSA) is 26.3 Å². The van der Waals surface area contributed by atoms with Crippen LogP contribution in [0.2, 0.25) is 0 Å². The molecule has 1 rings (SSSR count).